The zero-order valence-corrected chi connectivity index (χ0v) is 18.3. The van der Waals surface area contributed by atoms with Gasteiger partial charge in [0.2, 0.25) is 5.88 Å². The Balaban J connectivity index is 0.00000145. The van der Waals surface area contributed by atoms with Crippen molar-refractivity contribution in [1.29, 1.82) is 5.26 Å². The number of ether oxygens (including phenoxy) is 2. The van der Waals surface area contributed by atoms with Crippen LogP contribution >= 0.6 is 0 Å². The van der Waals surface area contributed by atoms with E-state index >= 15 is 0 Å². The number of pyridine rings is 1. The Kier molecular flexibility index (Phi) is 8.12. The van der Waals surface area contributed by atoms with Crippen LogP contribution in [0.25, 0.3) is 0 Å². The molecule has 1 aromatic heterocycles. The second kappa shape index (κ2) is 10.3. The Hall–Kier alpha value is -2.49. The smallest absolute Gasteiger partial charge is 0.407 e. The molecular formula is C22H34N4O3. The number of hydrogen-bond acceptors (Lipinski definition) is 6. The fourth-order valence-corrected chi connectivity index (χ4v) is 3.38. The molecule has 0 atom stereocenters. The van der Waals surface area contributed by atoms with Crippen LogP contribution < -0.4 is 15.0 Å². The third-order valence-electron chi connectivity index (χ3n) is 4.86. The van der Waals surface area contributed by atoms with Gasteiger partial charge in [0.1, 0.15) is 11.7 Å². The molecule has 7 nitrogen and oxygen atoms in total. The number of anilines is 1. The van der Waals surface area contributed by atoms with Crippen LogP contribution in [-0.4, -0.2) is 41.9 Å². The fourth-order valence-electron chi connectivity index (χ4n) is 3.38. The lowest BCUT2D eigenvalue weighted by Gasteiger charge is -2.37. The minimum absolute atomic E-state index is 0.0373. The first-order chi connectivity index (χ1) is 13.8. The highest BCUT2D eigenvalue weighted by atomic mass is 16.6. The number of carbonyl (C=O) groups is 1. The van der Waals surface area contributed by atoms with E-state index in [9.17, 15) is 4.79 Å². The van der Waals surface area contributed by atoms with Gasteiger partial charge in [-0.05, 0) is 45.7 Å². The van der Waals surface area contributed by atoms with Gasteiger partial charge in [0, 0.05) is 44.1 Å². The van der Waals surface area contributed by atoms with E-state index in [-0.39, 0.29) is 24.2 Å². The summed E-state index contributed by atoms with van der Waals surface area (Å²) in [5.74, 6) is 0.780. The van der Waals surface area contributed by atoms with Crippen molar-refractivity contribution in [3.05, 3.63) is 18.3 Å². The van der Waals surface area contributed by atoms with Crippen molar-refractivity contribution >= 4 is 11.8 Å². The zero-order valence-electron chi connectivity index (χ0n) is 18.3. The number of carbonyl (C=O) groups excluding carboxylic acids is 1. The molecule has 0 bridgehead atoms. The predicted molar refractivity (Wildman–Crippen MR) is 113 cm³/mol. The molecule has 0 aromatic carbocycles. The molecule has 0 unspecified atom stereocenters. The average Bonchev–Trinajstić information content (AvgIpc) is 2.67. The van der Waals surface area contributed by atoms with Gasteiger partial charge < -0.3 is 19.7 Å². The van der Waals surface area contributed by atoms with Crippen molar-refractivity contribution in [1.82, 2.24) is 10.3 Å². The lowest BCUT2D eigenvalue weighted by atomic mass is 9.89. The van der Waals surface area contributed by atoms with Gasteiger partial charge in [-0.2, -0.15) is 5.26 Å². The molecule has 3 rings (SSSR count). The summed E-state index contributed by atoms with van der Waals surface area (Å²) in [6, 6.07) is 6.36. The van der Waals surface area contributed by atoms with E-state index in [1.165, 1.54) is 0 Å². The number of nitrogens with zero attached hydrogens (tertiary/aromatic N) is 3. The van der Waals surface area contributed by atoms with Gasteiger partial charge in [-0.3, -0.25) is 0 Å². The van der Waals surface area contributed by atoms with Crippen molar-refractivity contribution in [2.75, 3.05) is 18.0 Å². The SMILES string of the molecule is CC.CC(C)(C)OC(=O)NC1CC(Oc2ncccc2N2CCC(C#N)CC2)C1. The summed E-state index contributed by atoms with van der Waals surface area (Å²) in [5.41, 5.74) is 0.489. The van der Waals surface area contributed by atoms with Crippen LogP contribution in [0.15, 0.2) is 18.3 Å². The van der Waals surface area contributed by atoms with Gasteiger partial charge in [-0.15, -0.1) is 0 Å². The molecule has 0 spiro atoms. The summed E-state index contributed by atoms with van der Waals surface area (Å²) < 4.78 is 11.4. The Morgan fingerprint density at radius 3 is 2.52 bits per heavy atom. The highest BCUT2D eigenvalue weighted by Crippen LogP contribution is 2.33. The van der Waals surface area contributed by atoms with Crippen LogP contribution in [0.4, 0.5) is 10.5 Å². The molecular weight excluding hydrogens is 368 g/mol. The molecule has 0 radical (unpaired) electrons. The van der Waals surface area contributed by atoms with E-state index in [1.807, 2.05) is 46.8 Å². The average molecular weight is 403 g/mol. The van der Waals surface area contributed by atoms with Crippen molar-refractivity contribution < 1.29 is 14.3 Å². The van der Waals surface area contributed by atoms with E-state index in [4.69, 9.17) is 14.7 Å². The van der Waals surface area contributed by atoms with Gasteiger partial charge in [-0.1, -0.05) is 13.8 Å². The van der Waals surface area contributed by atoms with Gasteiger partial charge in [-0.25, -0.2) is 9.78 Å². The quantitative estimate of drug-likeness (QED) is 0.809. The molecule has 2 heterocycles. The van der Waals surface area contributed by atoms with Gasteiger partial charge in [0.15, 0.2) is 0 Å². The lowest BCUT2D eigenvalue weighted by molar-refractivity contribution is 0.0355. The minimum atomic E-state index is -0.494. The van der Waals surface area contributed by atoms with E-state index in [2.05, 4.69) is 21.3 Å². The Bertz CT molecular complexity index is 697. The minimum Gasteiger partial charge on any atom is -0.473 e. The first-order valence-corrected chi connectivity index (χ1v) is 10.6. The second-order valence-corrected chi connectivity index (χ2v) is 8.27. The number of alkyl carbamates (subject to hydrolysis) is 1. The van der Waals surface area contributed by atoms with Crippen LogP contribution in [0.2, 0.25) is 0 Å². The molecule has 1 aliphatic heterocycles. The topological polar surface area (TPSA) is 87.5 Å². The number of aromatic nitrogens is 1. The van der Waals surface area contributed by atoms with Gasteiger partial charge >= 0.3 is 6.09 Å². The number of nitriles is 1. The first-order valence-electron chi connectivity index (χ1n) is 10.6. The van der Waals surface area contributed by atoms with Crippen LogP contribution in [0.3, 0.4) is 0 Å². The van der Waals surface area contributed by atoms with Crippen molar-refractivity contribution in [3.8, 4) is 11.9 Å². The third-order valence-corrected chi connectivity index (χ3v) is 4.86. The van der Waals surface area contributed by atoms with Crippen LogP contribution in [0.1, 0.15) is 60.3 Å². The van der Waals surface area contributed by atoms with E-state index in [1.54, 1.807) is 6.20 Å². The molecule has 1 amide bonds. The number of amides is 1. The van der Waals surface area contributed by atoms with E-state index < -0.39 is 5.60 Å². The third kappa shape index (κ3) is 6.81. The van der Waals surface area contributed by atoms with Gasteiger partial charge in [0.25, 0.3) is 0 Å². The van der Waals surface area contributed by atoms with Crippen LogP contribution in [-0.2, 0) is 4.74 Å². The van der Waals surface area contributed by atoms with E-state index in [0.717, 1.165) is 44.5 Å². The molecule has 2 aliphatic rings. The first kappa shape index (κ1) is 22.8. The maximum Gasteiger partial charge on any atom is 0.407 e. The Morgan fingerprint density at radius 2 is 1.93 bits per heavy atom. The maximum atomic E-state index is 11.8. The molecule has 160 valence electrons. The molecule has 1 N–H and O–H groups in total. The molecule has 1 aromatic rings. The van der Waals surface area contributed by atoms with Crippen LogP contribution in [0, 0.1) is 17.2 Å². The van der Waals surface area contributed by atoms with Crippen molar-refractivity contribution in [3.63, 3.8) is 0 Å². The fraction of sp³-hybridized carbons (Fsp3) is 0.682. The normalized spacial score (nSPS) is 21.7. The summed E-state index contributed by atoms with van der Waals surface area (Å²) >= 11 is 0. The number of hydrogen-bond donors (Lipinski definition) is 1. The van der Waals surface area contributed by atoms with E-state index in [0.29, 0.717) is 5.88 Å². The zero-order chi connectivity index (χ0) is 21.4. The standard InChI is InChI=1S/C20H28N4O3.C2H6/c1-20(2,3)27-19(25)23-15-11-16(12-15)26-18-17(5-4-8-22-18)24-9-6-14(13-21)7-10-24;1-2/h4-5,8,14-16H,6-7,9-12H2,1-3H3,(H,23,25);1-2H3. The van der Waals surface area contributed by atoms with Crippen molar-refractivity contribution in [2.45, 2.75) is 78.0 Å². The van der Waals surface area contributed by atoms with Gasteiger partial charge in [0.05, 0.1) is 11.8 Å². The summed E-state index contributed by atoms with van der Waals surface area (Å²) in [5, 5.41) is 11.9. The highest BCUT2D eigenvalue weighted by molar-refractivity contribution is 5.68. The Labute approximate surface area is 174 Å². The molecule has 29 heavy (non-hydrogen) atoms. The predicted octanol–water partition coefficient (Wildman–Crippen LogP) is 4.28. The maximum absolute atomic E-state index is 11.8. The highest BCUT2D eigenvalue weighted by Gasteiger charge is 2.34. The summed E-state index contributed by atoms with van der Waals surface area (Å²) in [7, 11) is 0. The number of piperidine rings is 1. The monoisotopic (exact) mass is 402 g/mol. The van der Waals surface area contributed by atoms with Crippen LogP contribution in [0.5, 0.6) is 5.88 Å². The Morgan fingerprint density at radius 1 is 1.28 bits per heavy atom. The summed E-state index contributed by atoms with van der Waals surface area (Å²) in [6.45, 7) is 11.2. The summed E-state index contributed by atoms with van der Waals surface area (Å²) in [6.07, 6.45) is 4.61. The lowest BCUT2D eigenvalue weighted by Crippen LogP contribution is -2.50. The molecule has 1 aliphatic carbocycles. The summed E-state index contributed by atoms with van der Waals surface area (Å²) in [4.78, 5) is 18.5. The molecule has 1 saturated carbocycles. The molecule has 2 fully saturated rings. The largest absolute Gasteiger partial charge is 0.473 e. The number of nitrogens with one attached hydrogen (secondary N) is 1. The molecule has 7 heteroatoms. The van der Waals surface area contributed by atoms with Crippen molar-refractivity contribution in [2.24, 2.45) is 5.92 Å². The number of rotatable bonds is 4. The second-order valence-electron chi connectivity index (χ2n) is 8.27. The molecule has 1 saturated heterocycles.